The molecule has 0 aliphatic rings. The molecule has 0 radical (unpaired) electrons. The summed E-state index contributed by atoms with van der Waals surface area (Å²) in [7, 11) is 0. The fourth-order valence-electron chi connectivity index (χ4n) is 1.70. The van der Waals surface area contributed by atoms with E-state index in [9.17, 15) is 5.11 Å². The van der Waals surface area contributed by atoms with Crippen molar-refractivity contribution in [1.82, 2.24) is 0 Å². The van der Waals surface area contributed by atoms with Crippen molar-refractivity contribution in [2.45, 2.75) is 40.0 Å². The average molecular weight is 216 g/mol. The van der Waals surface area contributed by atoms with Crippen LogP contribution in [0.3, 0.4) is 0 Å². The Hall–Kier alpha value is -1.42. The van der Waals surface area contributed by atoms with Gasteiger partial charge in [-0.3, -0.25) is 0 Å². The first-order valence-electron chi connectivity index (χ1n) is 5.84. The second-order valence-electron chi connectivity index (χ2n) is 4.31. The van der Waals surface area contributed by atoms with E-state index in [1.54, 1.807) is 6.07 Å². The van der Waals surface area contributed by atoms with Crippen LogP contribution in [0.15, 0.2) is 18.2 Å². The van der Waals surface area contributed by atoms with Gasteiger partial charge in [0.1, 0.15) is 5.75 Å². The predicted octanol–water partition coefficient (Wildman–Crippen LogP) is 3.85. The molecule has 1 N–H and O–H groups in total. The first-order chi connectivity index (χ1) is 7.56. The molecule has 0 heterocycles. The Balaban J connectivity index is 2.95. The van der Waals surface area contributed by atoms with Crippen molar-refractivity contribution >= 4 is 0 Å². The van der Waals surface area contributed by atoms with Gasteiger partial charge in [0.2, 0.25) is 0 Å². The maximum atomic E-state index is 9.83. The normalized spacial score (nSPS) is 13.8. The molecule has 0 aliphatic carbocycles. The van der Waals surface area contributed by atoms with Gasteiger partial charge in [-0.2, -0.15) is 0 Å². The standard InChI is InChI=1S/C15H20O/c1-5-6-7-12(3)13(4)14-10-11(2)8-9-15(14)16/h8-10,12-13,16H,5H2,1-4H3. The van der Waals surface area contributed by atoms with Gasteiger partial charge in [-0.1, -0.05) is 44.4 Å². The lowest BCUT2D eigenvalue weighted by Gasteiger charge is -2.17. The van der Waals surface area contributed by atoms with Crippen LogP contribution >= 0.6 is 0 Å². The van der Waals surface area contributed by atoms with E-state index in [0.717, 1.165) is 12.0 Å². The number of aromatic hydroxyl groups is 1. The zero-order chi connectivity index (χ0) is 12.1. The third-order valence-corrected chi connectivity index (χ3v) is 2.93. The fraction of sp³-hybridized carbons (Fsp3) is 0.467. The van der Waals surface area contributed by atoms with E-state index < -0.39 is 0 Å². The lowest BCUT2D eigenvalue weighted by Crippen LogP contribution is -2.04. The molecule has 0 spiro atoms. The molecule has 2 atom stereocenters. The summed E-state index contributed by atoms with van der Waals surface area (Å²) in [6.07, 6.45) is 0.886. The molecule has 0 aliphatic heterocycles. The van der Waals surface area contributed by atoms with E-state index in [2.05, 4.69) is 32.6 Å². The lowest BCUT2D eigenvalue weighted by atomic mass is 9.88. The number of hydrogen-bond acceptors (Lipinski definition) is 1. The Morgan fingerprint density at radius 1 is 1.31 bits per heavy atom. The van der Waals surface area contributed by atoms with Gasteiger partial charge in [0.05, 0.1) is 0 Å². The second kappa shape index (κ2) is 5.61. The van der Waals surface area contributed by atoms with Crippen molar-refractivity contribution < 1.29 is 5.11 Å². The van der Waals surface area contributed by atoms with Crippen LogP contribution in [-0.2, 0) is 0 Å². The van der Waals surface area contributed by atoms with Gasteiger partial charge in [0.25, 0.3) is 0 Å². The highest BCUT2D eigenvalue weighted by Crippen LogP contribution is 2.31. The Kier molecular flexibility index (Phi) is 4.43. The highest BCUT2D eigenvalue weighted by atomic mass is 16.3. The first kappa shape index (κ1) is 12.6. The highest BCUT2D eigenvalue weighted by molar-refractivity contribution is 5.39. The van der Waals surface area contributed by atoms with Crippen LogP contribution in [0.25, 0.3) is 0 Å². The third-order valence-electron chi connectivity index (χ3n) is 2.93. The average Bonchev–Trinajstić information content (AvgIpc) is 2.28. The quantitative estimate of drug-likeness (QED) is 0.744. The van der Waals surface area contributed by atoms with E-state index in [4.69, 9.17) is 0 Å². The van der Waals surface area contributed by atoms with Gasteiger partial charge in [-0.25, -0.2) is 0 Å². The van der Waals surface area contributed by atoms with Crippen molar-refractivity contribution in [2.75, 3.05) is 0 Å². The van der Waals surface area contributed by atoms with Gasteiger partial charge >= 0.3 is 0 Å². The van der Waals surface area contributed by atoms with Gasteiger partial charge in [-0.15, -0.1) is 5.92 Å². The van der Waals surface area contributed by atoms with Crippen molar-refractivity contribution in [2.24, 2.45) is 5.92 Å². The SMILES string of the molecule is CCC#CC(C)C(C)c1cc(C)ccc1O. The molecular weight excluding hydrogens is 196 g/mol. The molecule has 1 nitrogen and oxygen atoms in total. The number of phenols is 1. The summed E-state index contributed by atoms with van der Waals surface area (Å²) in [5, 5.41) is 9.83. The molecule has 0 fully saturated rings. The van der Waals surface area contributed by atoms with Gasteiger partial charge in [0.15, 0.2) is 0 Å². The molecule has 0 saturated carbocycles. The number of benzene rings is 1. The monoisotopic (exact) mass is 216 g/mol. The summed E-state index contributed by atoms with van der Waals surface area (Å²) < 4.78 is 0. The van der Waals surface area contributed by atoms with E-state index in [1.807, 2.05) is 19.1 Å². The maximum absolute atomic E-state index is 9.83. The number of aryl methyl sites for hydroxylation is 1. The molecule has 1 aromatic rings. The Bertz CT molecular complexity index is 409. The van der Waals surface area contributed by atoms with Crippen LogP contribution in [-0.4, -0.2) is 5.11 Å². The van der Waals surface area contributed by atoms with Crippen molar-refractivity contribution in [3.63, 3.8) is 0 Å². The van der Waals surface area contributed by atoms with Crippen LogP contribution in [0, 0.1) is 24.7 Å². The molecule has 16 heavy (non-hydrogen) atoms. The van der Waals surface area contributed by atoms with Crippen molar-refractivity contribution in [3.05, 3.63) is 29.3 Å². The van der Waals surface area contributed by atoms with Gasteiger partial charge in [-0.05, 0) is 24.5 Å². The van der Waals surface area contributed by atoms with Crippen LogP contribution in [0.2, 0.25) is 0 Å². The number of hydrogen-bond donors (Lipinski definition) is 1. The molecular formula is C15H20O. The van der Waals surface area contributed by atoms with E-state index in [0.29, 0.717) is 5.75 Å². The summed E-state index contributed by atoms with van der Waals surface area (Å²) in [6, 6.07) is 5.74. The molecule has 0 saturated heterocycles. The topological polar surface area (TPSA) is 20.2 Å². The second-order valence-corrected chi connectivity index (χ2v) is 4.31. The largest absolute Gasteiger partial charge is 0.508 e. The predicted molar refractivity (Wildman–Crippen MR) is 68.5 cm³/mol. The molecule has 1 aromatic carbocycles. The number of phenolic OH excluding ortho intramolecular Hbond substituents is 1. The first-order valence-corrected chi connectivity index (χ1v) is 5.84. The number of rotatable bonds is 2. The minimum absolute atomic E-state index is 0.263. The van der Waals surface area contributed by atoms with Crippen LogP contribution in [0.4, 0.5) is 0 Å². The Morgan fingerprint density at radius 3 is 2.62 bits per heavy atom. The highest BCUT2D eigenvalue weighted by Gasteiger charge is 2.15. The van der Waals surface area contributed by atoms with E-state index >= 15 is 0 Å². The molecule has 0 bridgehead atoms. The van der Waals surface area contributed by atoms with Crippen molar-refractivity contribution in [1.29, 1.82) is 0 Å². The Morgan fingerprint density at radius 2 is 2.00 bits per heavy atom. The minimum atomic E-state index is 0.263. The minimum Gasteiger partial charge on any atom is -0.508 e. The summed E-state index contributed by atoms with van der Waals surface area (Å²) in [5.41, 5.74) is 2.17. The van der Waals surface area contributed by atoms with Crippen LogP contribution in [0.1, 0.15) is 44.2 Å². The smallest absolute Gasteiger partial charge is 0.119 e. The summed E-state index contributed by atoms with van der Waals surface area (Å²) in [4.78, 5) is 0. The van der Waals surface area contributed by atoms with Gasteiger partial charge < -0.3 is 5.11 Å². The molecule has 86 valence electrons. The lowest BCUT2D eigenvalue weighted by molar-refractivity contribution is 0.455. The Labute approximate surface area is 98.5 Å². The van der Waals surface area contributed by atoms with Gasteiger partial charge in [0, 0.05) is 12.3 Å². The zero-order valence-electron chi connectivity index (χ0n) is 10.5. The summed E-state index contributed by atoms with van der Waals surface area (Å²) in [5.74, 6) is 7.23. The summed E-state index contributed by atoms with van der Waals surface area (Å²) >= 11 is 0. The maximum Gasteiger partial charge on any atom is 0.119 e. The van der Waals surface area contributed by atoms with Crippen LogP contribution in [0.5, 0.6) is 5.75 Å². The fourth-order valence-corrected chi connectivity index (χ4v) is 1.70. The molecule has 2 unspecified atom stereocenters. The molecule has 0 amide bonds. The summed E-state index contributed by atoms with van der Waals surface area (Å²) in [6.45, 7) is 8.31. The van der Waals surface area contributed by atoms with Crippen molar-refractivity contribution in [3.8, 4) is 17.6 Å². The third kappa shape index (κ3) is 3.03. The van der Waals surface area contributed by atoms with E-state index in [-0.39, 0.29) is 11.8 Å². The molecule has 1 rings (SSSR count). The van der Waals surface area contributed by atoms with E-state index in [1.165, 1.54) is 5.56 Å². The zero-order valence-corrected chi connectivity index (χ0v) is 10.5. The molecule has 1 heteroatoms. The van der Waals surface area contributed by atoms with Crippen LogP contribution < -0.4 is 0 Å². The molecule has 0 aromatic heterocycles.